The van der Waals surface area contributed by atoms with E-state index >= 15 is 8.78 Å². The molecule has 0 bridgehead atoms. The van der Waals surface area contributed by atoms with Gasteiger partial charge in [0.1, 0.15) is 0 Å². The standard InChI is InChI=1S/C25H28F2O3/c1-2-5-16-9-8-15(14-28-16)18-10-11-19-20-12-13-21(29-17-6-3-4-7-17)23(27)25(20)30-24(19)22(18)26/h10-13,15-17H,2-9,14H2,1H3. The molecule has 2 atom stereocenters. The molecule has 30 heavy (non-hydrogen) atoms. The minimum atomic E-state index is -0.542. The summed E-state index contributed by atoms with van der Waals surface area (Å²) in [6.45, 7) is 2.66. The molecule has 2 aromatic carbocycles. The van der Waals surface area contributed by atoms with Gasteiger partial charge in [-0.1, -0.05) is 19.4 Å². The monoisotopic (exact) mass is 414 g/mol. The van der Waals surface area contributed by atoms with E-state index in [-0.39, 0.29) is 35.0 Å². The second-order valence-corrected chi connectivity index (χ2v) is 8.74. The Bertz CT molecular complexity index is 1040. The lowest BCUT2D eigenvalue weighted by Crippen LogP contribution is -2.25. The van der Waals surface area contributed by atoms with Crippen molar-refractivity contribution in [1.29, 1.82) is 0 Å². The van der Waals surface area contributed by atoms with Crippen LogP contribution in [0.2, 0.25) is 0 Å². The lowest BCUT2D eigenvalue weighted by atomic mass is 9.89. The topological polar surface area (TPSA) is 31.6 Å². The highest BCUT2D eigenvalue weighted by atomic mass is 19.1. The molecule has 0 amide bonds. The fourth-order valence-corrected chi connectivity index (χ4v) is 5.03. The van der Waals surface area contributed by atoms with Crippen molar-refractivity contribution in [2.45, 2.75) is 76.4 Å². The van der Waals surface area contributed by atoms with E-state index in [4.69, 9.17) is 13.9 Å². The van der Waals surface area contributed by atoms with Crippen LogP contribution in [-0.4, -0.2) is 18.8 Å². The average Bonchev–Trinajstić information content (AvgIpc) is 3.40. The molecule has 5 heteroatoms. The number of furan rings is 1. The summed E-state index contributed by atoms with van der Waals surface area (Å²) in [7, 11) is 0. The third kappa shape index (κ3) is 3.47. The van der Waals surface area contributed by atoms with E-state index in [0.29, 0.717) is 22.9 Å². The van der Waals surface area contributed by atoms with Crippen LogP contribution in [0.5, 0.6) is 5.75 Å². The van der Waals surface area contributed by atoms with Crippen molar-refractivity contribution in [2.75, 3.05) is 6.61 Å². The highest BCUT2D eigenvalue weighted by molar-refractivity contribution is 6.05. The summed E-state index contributed by atoms with van der Waals surface area (Å²) < 4.78 is 48.0. The van der Waals surface area contributed by atoms with Crippen LogP contribution in [-0.2, 0) is 4.74 Å². The number of halogens is 2. The molecule has 0 radical (unpaired) electrons. The van der Waals surface area contributed by atoms with Gasteiger partial charge in [-0.25, -0.2) is 4.39 Å². The number of rotatable bonds is 5. The van der Waals surface area contributed by atoms with Crippen molar-refractivity contribution in [1.82, 2.24) is 0 Å². The molecule has 0 N–H and O–H groups in total. The zero-order valence-electron chi connectivity index (χ0n) is 17.4. The molecule has 1 aliphatic heterocycles. The van der Waals surface area contributed by atoms with Crippen molar-refractivity contribution in [3.05, 3.63) is 41.5 Å². The first-order valence-electron chi connectivity index (χ1n) is 11.3. The van der Waals surface area contributed by atoms with E-state index in [1.807, 2.05) is 12.1 Å². The van der Waals surface area contributed by atoms with Crippen LogP contribution in [0, 0.1) is 11.6 Å². The Balaban J connectivity index is 1.47. The van der Waals surface area contributed by atoms with Gasteiger partial charge in [0.15, 0.2) is 22.7 Å². The van der Waals surface area contributed by atoms with Crippen LogP contribution < -0.4 is 4.74 Å². The molecule has 0 spiro atoms. The van der Waals surface area contributed by atoms with Gasteiger partial charge < -0.3 is 13.9 Å². The van der Waals surface area contributed by atoms with Gasteiger partial charge in [0.25, 0.3) is 0 Å². The average molecular weight is 414 g/mol. The largest absolute Gasteiger partial charge is 0.487 e. The fourth-order valence-electron chi connectivity index (χ4n) is 5.03. The van der Waals surface area contributed by atoms with Gasteiger partial charge >= 0.3 is 0 Å². The summed E-state index contributed by atoms with van der Waals surface area (Å²) in [5.41, 5.74) is 0.786. The van der Waals surface area contributed by atoms with Crippen molar-refractivity contribution in [2.24, 2.45) is 0 Å². The first-order valence-corrected chi connectivity index (χ1v) is 11.3. The Labute approximate surface area is 175 Å². The third-order valence-corrected chi connectivity index (χ3v) is 6.70. The molecule has 160 valence electrons. The molecule has 2 aliphatic rings. The Morgan fingerprint density at radius 3 is 2.37 bits per heavy atom. The van der Waals surface area contributed by atoms with Gasteiger partial charge in [-0.2, -0.15) is 4.39 Å². The van der Waals surface area contributed by atoms with Crippen molar-refractivity contribution < 1.29 is 22.7 Å². The minimum Gasteiger partial charge on any atom is -0.487 e. The van der Waals surface area contributed by atoms with Crippen LogP contribution in [0.4, 0.5) is 8.78 Å². The molecule has 3 nitrogen and oxygen atoms in total. The van der Waals surface area contributed by atoms with Crippen molar-refractivity contribution in [3.63, 3.8) is 0 Å². The number of fused-ring (bicyclic) bond motifs is 3. The number of hydrogen-bond donors (Lipinski definition) is 0. The van der Waals surface area contributed by atoms with Crippen LogP contribution >= 0.6 is 0 Å². The molecule has 1 aromatic heterocycles. The Hall–Kier alpha value is -2.14. The first kappa shape index (κ1) is 19.8. The third-order valence-electron chi connectivity index (χ3n) is 6.70. The molecule has 1 saturated heterocycles. The number of ether oxygens (including phenoxy) is 2. The molecule has 2 unspecified atom stereocenters. The van der Waals surface area contributed by atoms with Gasteiger partial charge in [-0.15, -0.1) is 0 Å². The Morgan fingerprint density at radius 2 is 1.67 bits per heavy atom. The molecule has 5 rings (SSSR count). The second kappa shape index (κ2) is 8.18. The normalized spacial score (nSPS) is 22.9. The molecule has 2 heterocycles. The van der Waals surface area contributed by atoms with Gasteiger partial charge in [-0.3, -0.25) is 0 Å². The van der Waals surface area contributed by atoms with E-state index in [0.717, 1.165) is 51.4 Å². The van der Waals surface area contributed by atoms with Gasteiger partial charge in [0.05, 0.1) is 18.8 Å². The van der Waals surface area contributed by atoms with E-state index in [1.165, 1.54) is 0 Å². The predicted molar refractivity (Wildman–Crippen MR) is 113 cm³/mol. The Morgan fingerprint density at radius 1 is 0.933 bits per heavy atom. The molecular weight excluding hydrogens is 386 g/mol. The Kier molecular flexibility index (Phi) is 5.40. The molecule has 1 saturated carbocycles. The SMILES string of the molecule is CCCC1CCC(c2ccc3c(oc4c(F)c(OC5CCCC5)ccc43)c2F)CO1. The molecular formula is C25H28F2O3. The first-order chi connectivity index (χ1) is 14.7. The van der Waals surface area contributed by atoms with Crippen LogP contribution in [0.15, 0.2) is 28.7 Å². The summed E-state index contributed by atoms with van der Waals surface area (Å²) in [5.74, 6) is -0.748. The molecule has 3 aromatic rings. The molecule has 2 fully saturated rings. The predicted octanol–water partition coefficient (Wildman–Crippen LogP) is 7.25. The van der Waals surface area contributed by atoms with Crippen molar-refractivity contribution in [3.8, 4) is 5.75 Å². The maximum atomic E-state index is 15.4. The maximum absolute atomic E-state index is 15.4. The van der Waals surface area contributed by atoms with E-state index in [9.17, 15) is 0 Å². The summed E-state index contributed by atoms with van der Waals surface area (Å²) in [6.07, 6.45) is 8.39. The van der Waals surface area contributed by atoms with E-state index in [2.05, 4.69) is 6.92 Å². The summed E-state index contributed by atoms with van der Waals surface area (Å²) in [6, 6.07) is 7.06. The quantitative estimate of drug-likeness (QED) is 0.441. The zero-order chi connectivity index (χ0) is 20.7. The van der Waals surface area contributed by atoms with Crippen LogP contribution in [0.1, 0.15) is 69.8 Å². The van der Waals surface area contributed by atoms with Crippen LogP contribution in [0.25, 0.3) is 21.9 Å². The highest BCUT2D eigenvalue weighted by Crippen LogP contribution is 2.40. The minimum absolute atomic E-state index is 0.00169. The smallest absolute Gasteiger partial charge is 0.208 e. The van der Waals surface area contributed by atoms with Gasteiger partial charge in [0.2, 0.25) is 5.82 Å². The lowest BCUT2D eigenvalue weighted by Gasteiger charge is -2.29. The zero-order valence-corrected chi connectivity index (χ0v) is 17.4. The van der Waals surface area contributed by atoms with E-state index < -0.39 is 11.6 Å². The maximum Gasteiger partial charge on any atom is 0.208 e. The fraction of sp³-hybridized carbons (Fsp3) is 0.520. The van der Waals surface area contributed by atoms with Gasteiger partial charge in [0, 0.05) is 16.7 Å². The van der Waals surface area contributed by atoms with Gasteiger partial charge in [-0.05, 0) is 68.7 Å². The van der Waals surface area contributed by atoms with E-state index in [1.54, 1.807) is 12.1 Å². The second-order valence-electron chi connectivity index (χ2n) is 8.74. The molecule has 1 aliphatic carbocycles. The summed E-state index contributed by atoms with van der Waals surface area (Å²) >= 11 is 0. The summed E-state index contributed by atoms with van der Waals surface area (Å²) in [5, 5.41) is 1.17. The lowest BCUT2D eigenvalue weighted by molar-refractivity contribution is -0.00169. The van der Waals surface area contributed by atoms with Crippen molar-refractivity contribution >= 4 is 21.9 Å². The number of benzene rings is 2. The summed E-state index contributed by atoms with van der Waals surface area (Å²) in [4.78, 5) is 0. The number of hydrogen-bond acceptors (Lipinski definition) is 3. The van der Waals surface area contributed by atoms with Crippen LogP contribution in [0.3, 0.4) is 0 Å². The highest BCUT2D eigenvalue weighted by Gasteiger charge is 2.27.